The van der Waals surface area contributed by atoms with Gasteiger partial charge in [0.2, 0.25) is 0 Å². The second-order valence-electron chi connectivity index (χ2n) is 3.33. The molecular formula is C7H17NSi. The van der Waals surface area contributed by atoms with E-state index < -0.39 is 8.07 Å². The van der Waals surface area contributed by atoms with Gasteiger partial charge in [-0.2, -0.15) is 0 Å². The topological polar surface area (TPSA) is 12.0 Å². The van der Waals surface area contributed by atoms with Crippen molar-refractivity contribution in [1.82, 2.24) is 5.32 Å². The summed E-state index contributed by atoms with van der Waals surface area (Å²) in [6, 6.07) is 0. The summed E-state index contributed by atoms with van der Waals surface area (Å²) in [6.07, 6.45) is 2.21. The number of hydrogen-bond acceptors (Lipinski definition) is 1. The summed E-state index contributed by atoms with van der Waals surface area (Å²) in [5.41, 5.74) is 2.35. The fourth-order valence-corrected chi connectivity index (χ4v) is 1.36. The van der Waals surface area contributed by atoms with Gasteiger partial charge in [0, 0.05) is 6.54 Å². The van der Waals surface area contributed by atoms with E-state index in [1.165, 1.54) is 0 Å². The second kappa shape index (κ2) is 3.85. The number of nitrogens with one attached hydrogen (secondary N) is 1. The Hall–Kier alpha value is -0.0831. The average Bonchev–Trinajstić information content (AvgIpc) is 1.63. The fourth-order valence-electron chi connectivity index (χ4n) is 0.530. The molecule has 0 aromatic rings. The highest BCUT2D eigenvalue weighted by Gasteiger charge is 2.05. The van der Waals surface area contributed by atoms with Crippen LogP contribution in [0.4, 0.5) is 0 Å². The molecule has 0 fully saturated rings. The molecule has 0 heterocycles. The van der Waals surface area contributed by atoms with E-state index in [1.54, 1.807) is 0 Å². The first-order chi connectivity index (χ1) is 4.06. The van der Waals surface area contributed by atoms with Gasteiger partial charge in [-0.3, -0.25) is 0 Å². The van der Waals surface area contributed by atoms with Crippen molar-refractivity contribution in [2.75, 3.05) is 13.6 Å². The smallest absolute Gasteiger partial charge is 0.0683 e. The molecule has 0 aliphatic heterocycles. The van der Waals surface area contributed by atoms with Crippen molar-refractivity contribution in [2.45, 2.75) is 19.6 Å². The van der Waals surface area contributed by atoms with Gasteiger partial charge < -0.3 is 5.32 Å². The summed E-state index contributed by atoms with van der Waals surface area (Å²) in [5.74, 6) is 0. The van der Waals surface area contributed by atoms with E-state index in [2.05, 4.69) is 36.7 Å². The van der Waals surface area contributed by atoms with Crippen LogP contribution in [-0.2, 0) is 0 Å². The second-order valence-corrected chi connectivity index (χ2v) is 8.39. The molecule has 0 aliphatic rings. The van der Waals surface area contributed by atoms with Crippen molar-refractivity contribution < 1.29 is 0 Å². The maximum Gasteiger partial charge on any atom is 0.0683 e. The molecule has 0 amide bonds. The van der Waals surface area contributed by atoms with Crippen LogP contribution in [-0.4, -0.2) is 21.7 Å². The van der Waals surface area contributed by atoms with Gasteiger partial charge in [-0.25, -0.2) is 0 Å². The fraction of sp³-hybridized carbons (Fsp3) is 0.714. The van der Waals surface area contributed by atoms with E-state index in [9.17, 15) is 0 Å². The summed E-state index contributed by atoms with van der Waals surface area (Å²) in [6.45, 7) is 8.00. The third kappa shape index (κ3) is 7.92. The lowest BCUT2D eigenvalue weighted by molar-refractivity contribution is 0.920. The summed E-state index contributed by atoms with van der Waals surface area (Å²) in [4.78, 5) is 0. The predicted molar refractivity (Wildman–Crippen MR) is 46.4 cm³/mol. The van der Waals surface area contributed by atoms with Crippen molar-refractivity contribution in [3.63, 3.8) is 0 Å². The van der Waals surface area contributed by atoms with Crippen molar-refractivity contribution in [1.29, 1.82) is 0 Å². The molecule has 0 aromatic heterocycles. The Labute approximate surface area is 59.2 Å². The Kier molecular flexibility index (Phi) is 3.82. The lowest BCUT2D eigenvalue weighted by Gasteiger charge is -2.07. The molecule has 0 radical (unpaired) electrons. The summed E-state index contributed by atoms with van der Waals surface area (Å²) in [7, 11) is 1.05. The van der Waals surface area contributed by atoms with E-state index in [0.29, 0.717) is 0 Å². The molecule has 0 aromatic carbocycles. The molecular weight excluding hydrogens is 126 g/mol. The number of rotatable bonds is 3. The zero-order valence-corrected chi connectivity index (χ0v) is 7.86. The van der Waals surface area contributed by atoms with Crippen LogP contribution in [0.25, 0.3) is 0 Å². The average molecular weight is 143 g/mol. The van der Waals surface area contributed by atoms with Gasteiger partial charge in [-0.15, -0.1) is 0 Å². The van der Waals surface area contributed by atoms with Gasteiger partial charge in [-0.05, 0) is 7.05 Å². The molecule has 0 atom stereocenters. The monoisotopic (exact) mass is 143 g/mol. The molecule has 54 valence electrons. The van der Waals surface area contributed by atoms with Gasteiger partial charge in [0.15, 0.2) is 0 Å². The number of hydrogen-bond donors (Lipinski definition) is 1. The van der Waals surface area contributed by atoms with Crippen LogP contribution < -0.4 is 5.32 Å². The Bertz CT molecular complexity index is 91.6. The molecule has 0 saturated heterocycles. The molecule has 0 saturated carbocycles. The third-order valence-corrected chi connectivity index (χ3v) is 2.18. The first-order valence-electron chi connectivity index (χ1n) is 3.38. The maximum absolute atomic E-state index is 3.08. The van der Waals surface area contributed by atoms with Gasteiger partial charge in [0.25, 0.3) is 0 Å². The molecule has 0 aliphatic carbocycles. The Balaban J connectivity index is 3.45. The quantitative estimate of drug-likeness (QED) is 0.592. The Morgan fingerprint density at radius 1 is 1.33 bits per heavy atom. The molecule has 9 heavy (non-hydrogen) atoms. The normalized spacial score (nSPS) is 12.9. The van der Waals surface area contributed by atoms with Crippen LogP contribution in [0.3, 0.4) is 0 Å². The van der Waals surface area contributed by atoms with Crippen LogP contribution >= 0.6 is 0 Å². The summed E-state index contributed by atoms with van der Waals surface area (Å²) in [5, 5.41) is 3.08. The minimum Gasteiger partial charge on any atom is -0.316 e. The molecule has 0 rings (SSSR count). The van der Waals surface area contributed by atoms with Gasteiger partial charge in [0.1, 0.15) is 0 Å². The number of likely N-dealkylation sites (N-methyl/N-ethyl adjacent to an activating group) is 1. The van der Waals surface area contributed by atoms with E-state index >= 15 is 0 Å². The minimum atomic E-state index is -0.915. The molecule has 0 bridgehead atoms. The first-order valence-corrected chi connectivity index (χ1v) is 6.96. The standard InChI is InChI=1S/C7H17NSi/c1-8-6-5-7-9(2,3)4/h5,7-8H,6H2,1-4H3/b7-5+. The zero-order chi connectivity index (χ0) is 7.33. The molecule has 2 heteroatoms. The highest BCUT2D eigenvalue weighted by Crippen LogP contribution is 2.00. The Morgan fingerprint density at radius 3 is 2.22 bits per heavy atom. The van der Waals surface area contributed by atoms with Crippen molar-refractivity contribution in [3.8, 4) is 0 Å². The first kappa shape index (κ1) is 8.92. The SMILES string of the molecule is CNC/C=C/[Si](C)(C)C. The Morgan fingerprint density at radius 2 is 1.89 bits per heavy atom. The third-order valence-electron chi connectivity index (χ3n) is 0.940. The lowest BCUT2D eigenvalue weighted by atomic mass is 10.6. The van der Waals surface area contributed by atoms with E-state index in [0.717, 1.165) is 6.54 Å². The van der Waals surface area contributed by atoms with Gasteiger partial charge in [-0.1, -0.05) is 31.4 Å². The van der Waals surface area contributed by atoms with Crippen molar-refractivity contribution in [3.05, 3.63) is 11.8 Å². The highest BCUT2D eigenvalue weighted by molar-refractivity contribution is 6.80. The van der Waals surface area contributed by atoms with Gasteiger partial charge >= 0.3 is 0 Å². The van der Waals surface area contributed by atoms with E-state index in [4.69, 9.17) is 0 Å². The summed E-state index contributed by atoms with van der Waals surface area (Å²) < 4.78 is 0. The van der Waals surface area contributed by atoms with Crippen molar-refractivity contribution >= 4 is 8.07 Å². The lowest BCUT2D eigenvalue weighted by Crippen LogP contribution is -2.16. The van der Waals surface area contributed by atoms with Crippen LogP contribution in [0.15, 0.2) is 11.8 Å². The summed E-state index contributed by atoms with van der Waals surface area (Å²) >= 11 is 0. The largest absolute Gasteiger partial charge is 0.316 e. The van der Waals surface area contributed by atoms with E-state index in [-0.39, 0.29) is 0 Å². The molecule has 0 unspecified atom stereocenters. The van der Waals surface area contributed by atoms with Crippen LogP contribution in [0.2, 0.25) is 19.6 Å². The highest BCUT2D eigenvalue weighted by atomic mass is 28.3. The molecule has 1 nitrogen and oxygen atoms in total. The van der Waals surface area contributed by atoms with E-state index in [1.807, 2.05) is 7.05 Å². The molecule has 0 spiro atoms. The minimum absolute atomic E-state index is 0.915. The maximum atomic E-state index is 3.08. The molecule has 1 N–H and O–H groups in total. The van der Waals surface area contributed by atoms with Crippen LogP contribution in [0.5, 0.6) is 0 Å². The predicted octanol–water partition coefficient (Wildman–Crippen LogP) is 1.64. The van der Waals surface area contributed by atoms with Crippen LogP contribution in [0.1, 0.15) is 0 Å². The zero-order valence-electron chi connectivity index (χ0n) is 6.86. The van der Waals surface area contributed by atoms with Crippen LogP contribution in [0, 0.1) is 0 Å². The van der Waals surface area contributed by atoms with Gasteiger partial charge in [0.05, 0.1) is 8.07 Å². The van der Waals surface area contributed by atoms with Crippen molar-refractivity contribution in [2.24, 2.45) is 0 Å².